The number of nitrogens with one attached hydrogen (secondary N) is 2. The van der Waals surface area contributed by atoms with Gasteiger partial charge in [0.1, 0.15) is 11.4 Å². The van der Waals surface area contributed by atoms with E-state index in [1.165, 1.54) is 0 Å². The summed E-state index contributed by atoms with van der Waals surface area (Å²) in [6.07, 6.45) is 0.620. The van der Waals surface area contributed by atoms with Crippen molar-refractivity contribution in [2.45, 2.75) is 13.3 Å². The third kappa shape index (κ3) is 3.67. The number of aryl methyl sites for hydroxylation is 3. The highest BCUT2D eigenvalue weighted by Gasteiger charge is 2.16. The van der Waals surface area contributed by atoms with Gasteiger partial charge in [0.05, 0.1) is 5.52 Å². The number of nitrogens with zero attached hydrogens (tertiary/aromatic N) is 3. The summed E-state index contributed by atoms with van der Waals surface area (Å²) in [6.45, 7) is 2.80. The second kappa shape index (κ2) is 7.36. The number of rotatable bonds is 6. The van der Waals surface area contributed by atoms with E-state index in [1.807, 2.05) is 20.0 Å². The lowest BCUT2D eigenvalue weighted by Gasteiger charge is -2.07. The third-order valence-electron chi connectivity index (χ3n) is 4.20. The van der Waals surface area contributed by atoms with Gasteiger partial charge < -0.3 is 19.6 Å². The molecule has 0 spiro atoms. The van der Waals surface area contributed by atoms with E-state index in [2.05, 4.69) is 31.7 Å². The molecule has 0 aliphatic rings. The first-order valence-electron chi connectivity index (χ1n) is 8.18. The average molecular weight is 422 g/mol. The summed E-state index contributed by atoms with van der Waals surface area (Å²) in [7, 11) is 3.61. The SMILES string of the molecule is Cc1cc(C(=O)NCCCNC(=O)c2cc3oc(Br)cc3n2C)nn1C. The van der Waals surface area contributed by atoms with Gasteiger partial charge in [0.25, 0.3) is 11.8 Å². The van der Waals surface area contributed by atoms with Crippen LogP contribution in [0.5, 0.6) is 0 Å². The monoisotopic (exact) mass is 421 g/mol. The van der Waals surface area contributed by atoms with E-state index in [1.54, 1.807) is 28.4 Å². The lowest BCUT2D eigenvalue weighted by atomic mass is 10.3. The topological polar surface area (TPSA) is 94.1 Å². The summed E-state index contributed by atoms with van der Waals surface area (Å²) < 4.78 is 9.53. The standard InChI is InChI=1S/C17H20BrN5O3/c1-10-7-11(21-23(10)3)16(24)19-5-4-6-20-17(25)13-8-14-12(22(13)2)9-15(18)26-14/h7-9H,4-6H2,1-3H3,(H,19,24)(H,20,25). The number of carbonyl (C=O) groups excluding carboxylic acids is 2. The van der Waals surface area contributed by atoms with Crippen molar-refractivity contribution in [3.05, 3.63) is 40.0 Å². The number of aromatic nitrogens is 3. The lowest BCUT2D eigenvalue weighted by molar-refractivity contribution is 0.0944. The molecule has 0 radical (unpaired) electrons. The van der Waals surface area contributed by atoms with Crippen LogP contribution in [0.25, 0.3) is 11.1 Å². The van der Waals surface area contributed by atoms with Crippen molar-refractivity contribution >= 4 is 38.8 Å². The molecule has 0 aliphatic carbocycles. The largest absolute Gasteiger partial charge is 0.448 e. The molecule has 2 amide bonds. The number of hydrogen-bond donors (Lipinski definition) is 2. The highest BCUT2D eigenvalue weighted by Crippen LogP contribution is 2.25. The summed E-state index contributed by atoms with van der Waals surface area (Å²) in [5.74, 6) is -0.393. The van der Waals surface area contributed by atoms with Crippen molar-refractivity contribution in [2.75, 3.05) is 13.1 Å². The first kappa shape index (κ1) is 18.2. The molecule has 3 aromatic rings. The minimum Gasteiger partial charge on any atom is -0.448 e. The number of fused-ring (bicyclic) bond motifs is 1. The maximum Gasteiger partial charge on any atom is 0.271 e. The van der Waals surface area contributed by atoms with Gasteiger partial charge in [-0.1, -0.05) is 0 Å². The van der Waals surface area contributed by atoms with Gasteiger partial charge in [-0.2, -0.15) is 5.10 Å². The van der Waals surface area contributed by atoms with Crippen LogP contribution in [0.2, 0.25) is 0 Å². The molecule has 9 heteroatoms. The smallest absolute Gasteiger partial charge is 0.271 e. The Kier molecular flexibility index (Phi) is 5.17. The number of furan rings is 1. The van der Waals surface area contributed by atoms with Crippen molar-refractivity contribution in [1.29, 1.82) is 0 Å². The van der Waals surface area contributed by atoms with Crippen molar-refractivity contribution in [2.24, 2.45) is 14.1 Å². The Bertz CT molecular complexity index is 949. The second-order valence-electron chi connectivity index (χ2n) is 6.05. The summed E-state index contributed by atoms with van der Waals surface area (Å²) >= 11 is 3.27. The molecule has 3 aromatic heterocycles. The summed E-state index contributed by atoms with van der Waals surface area (Å²) in [5.41, 5.74) is 3.34. The van der Waals surface area contributed by atoms with E-state index >= 15 is 0 Å². The Morgan fingerprint density at radius 1 is 1.15 bits per heavy atom. The molecule has 0 aromatic carbocycles. The zero-order valence-corrected chi connectivity index (χ0v) is 16.4. The predicted octanol–water partition coefficient (Wildman–Crippen LogP) is 2.13. The molecule has 2 N–H and O–H groups in total. The fourth-order valence-corrected chi connectivity index (χ4v) is 3.04. The number of halogens is 1. The van der Waals surface area contributed by atoms with E-state index < -0.39 is 0 Å². The summed E-state index contributed by atoms with van der Waals surface area (Å²) in [5, 5.41) is 9.77. The van der Waals surface area contributed by atoms with Crippen LogP contribution in [0.15, 0.2) is 27.3 Å². The maximum atomic E-state index is 12.3. The molecule has 0 atom stereocenters. The van der Waals surface area contributed by atoms with E-state index in [4.69, 9.17) is 4.42 Å². The Morgan fingerprint density at radius 3 is 2.46 bits per heavy atom. The number of amides is 2. The molecule has 3 rings (SSSR count). The highest BCUT2D eigenvalue weighted by atomic mass is 79.9. The molecule has 0 aliphatic heterocycles. The van der Waals surface area contributed by atoms with Crippen LogP contribution in [0, 0.1) is 6.92 Å². The molecular weight excluding hydrogens is 402 g/mol. The molecule has 3 heterocycles. The Hall–Kier alpha value is -2.55. The zero-order chi connectivity index (χ0) is 18.8. The zero-order valence-electron chi connectivity index (χ0n) is 14.8. The quantitative estimate of drug-likeness (QED) is 0.596. The highest BCUT2D eigenvalue weighted by molar-refractivity contribution is 9.10. The Morgan fingerprint density at radius 2 is 1.85 bits per heavy atom. The van der Waals surface area contributed by atoms with Crippen LogP contribution in [-0.4, -0.2) is 39.3 Å². The first-order chi connectivity index (χ1) is 12.4. The average Bonchev–Trinajstić information content (AvgIpc) is 3.22. The van der Waals surface area contributed by atoms with Gasteiger partial charge in [-0.15, -0.1) is 0 Å². The van der Waals surface area contributed by atoms with E-state index in [-0.39, 0.29) is 11.8 Å². The Labute approximate surface area is 158 Å². The van der Waals surface area contributed by atoms with Crippen LogP contribution in [0.3, 0.4) is 0 Å². The fraction of sp³-hybridized carbons (Fsp3) is 0.353. The van der Waals surface area contributed by atoms with Crippen molar-refractivity contribution in [3.63, 3.8) is 0 Å². The Balaban J connectivity index is 1.45. The summed E-state index contributed by atoms with van der Waals surface area (Å²) in [4.78, 5) is 24.3. The van der Waals surface area contributed by atoms with Crippen LogP contribution in [0.1, 0.15) is 33.1 Å². The fourth-order valence-electron chi connectivity index (χ4n) is 2.64. The van der Waals surface area contributed by atoms with Gasteiger partial charge in [0, 0.05) is 45.0 Å². The van der Waals surface area contributed by atoms with Gasteiger partial charge in [0.2, 0.25) is 0 Å². The minimum atomic E-state index is -0.214. The third-order valence-corrected chi connectivity index (χ3v) is 4.60. The molecule has 0 unspecified atom stereocenters. The van der Waals surface area contributed by atoms with Gasteiger partial charge in [0.15, 0.2) is 10.3 Å². The molecule has 0 bridgehead atoms. The van der Waals surface area contributed by atoms with Crippen molar-refractivity contribution in [3.8, 4) is 0 Å². The maximum absolute atomic E-state index is 12.3. The van der Waals surface area contributed by atoms with Crippen LogP contribution in [-0.2, 0) is 14.1 Å². The van der Waals surface area contributed by atoms with E-state index in [9.17, 15) is 9.59 Å². The van der Waals surface area contributed by atoms with Gasteiger partial charge in [-0.05, 0) is 35.3 Å². The minimum absolute atomic E-state index is 0.179. The molecule has 138 valence electrons. The number of hydrogen-bond acceptors (Lipinski definition) is 4. The van der Waals surface area contributed by atoms with E-state index in [0.717, 1.165) is 11.2 Å². The molecule has 8 nitrogen and oxygen atoms in total. The van der Waals surface area contributed by atoms with E-state index in [0.29, 0.717) is 41.2 Å². The molecule has 0 saturated heterocycles. The van der Waals surface area contributed by atoms with Crippen molar-refractivity contribution in [1.82, 2.24) is 25.0 Å². The lowest BCUT2D eigenvalue weighted by Crippen LogP contribution is -2.30. The van der Waals surface area contributed by atoms with Gasteiger partial charge >= 0.3 is 0 Å². The van der Waals surface area contributed by atoms with Gasteiger partial charge in [-0.25, -0.2) is 0 Å². The second-order valence-corrected chi connectivity index (χ2v) is 6.83. The summed E-state index contributed by atoms with van der Waals surface area (Å²) in [6, 6.07) is 5.27. The molecular formula is C17H20BrN5O3. The first-order valence-corrected chi connectivity index (χ1v) is 8.98. The van der Waals surface area contributed by atoms with Gasteiger partial charge in [-0.3, -0.25) is 14.3 Å². The molecule has 26 heavy (non-hydrogen) atoms. The van der Waals surface area contributed by atoms with Crippen LogP contribution >= 0.6 is 15.9 Å². The number of carbonyl (C=O) groups is 2. The van der Waals surface area contributed by atoms with Crippen molar-refractivity contribution < 1.29 is 14.0 Å². The normalized spacial score (nSPS) is 11.1. The molecule has 0 fully saturated rings. The van der Waals surface area contributed by atoms with Crippen LogP contribution in [0.4, 0.5) is 0 Å². The molecule has 0 saturated carbocycles. The van der Waals surface area contributed by atoms with Crippen LogP contribution < -0.4 is 10.6 Å². The predicted molar refractivity (Wildman–Crippen MR) is 100 cm³/mol.